The van der Waals surface area contributed by atoms with Gasteiger partial charge >= 0.3 is 5.97 Å². The first-order valence-electron chi connectivity index (χ1n) is 5.95. The van der Waals surface area contributed by atoms with Crippen molar-refractivity contribution >= 4 is 11.9 Å². The van der Waals surface area contributed by atoms with Crippen LogP contribution in [-0.2, 0) is 9.53 Å². The van der Waals surface area contributed by atoms with E-state index in [-0.39, 0.29) is 11.9 Å². The number of carbonyl (C=O) groups is 2. The Labute approximate surface area is 112 Å². The van der Waals surface area contributed by atoms with E-state index >= 15 is 0 Å². The zero-order chi connectivity index (χ0) is 14.4. The number of amides is 1. The summed E-state index contributed by atoms with van der Waals surface area (Å²) in [6, 6.07) is 7.98. The van der Waals surface area contributed by atoms with Gasteiger partial charge in [0.1, 0.15) is 0 Å². The van der Waals surface area contributed by atoms with Gasteiger partial charge in [0.25, 0.3) is 5.91 Å². The predicted molar refractivity (Wildman–Crippen MR) is 69.3 cm³/mol. The lowest BCUT2D eigenvalue weighted by molar-refractivity contribution is -0.129. The Kier molecular flexibility index (Phi) is 5.07. The van der Waals surface area contributed by atoms with Gasteiger partial charge in [-0.1, -0.05) is 0 Å². The quantitative estimate of drug-likeness (QED) is 0.834. The molecule has 0 saturated carbocycles. The first kappa shape index (κ1) is 14.7. The van der Waals surface area contributed by atoms with Crippen LogP contribution in [0.4, 0.5) is 0 Å². The van der Waals surface area contributed by atoms with Crippen LogP contribution < -0.4 is 5.32 Å². The van der Waals surface area contributed by atoms with Crippen molar-refractivity contribution in [2.75, 3.05) is 0 Å². The molecule has 1 aromatic rings. The molecule has 0 saturated heterocycles. The number of benzene rings is 1. The van der Waals surface area contributed by atoms with Gasteiger partial charge in [-0.2, -0.15) is 5.26 Å². The molecule has 0 radical (unpaired) electrons. The van der Waals surface area contributed by atoms with E-state index < -0.39 is 12.1 Å². The summed E-state index contributed by atoms with van der Waals surface area (Å²) in [4.78, 5) is 23.3. The third-order valence-electron chi connectivity index (χ3n) is 2.33. The molecule has 0 fully saturated rings. The summed E-state index contributed by atoms with van der Waals surface area (Å²) in [5, 5.41) is 11.3. The Bertz CT molecular complexity index is 500. The van der Waals surface area contributed by atoms with Crippen molar-refractivity contribution in [2.24, 2.45) is 0 Å². The second kappa shape index (κ2) is 6.55. The molecule has 5 heteroatoms. The largest absolute Gasteiger partial charge is 0.449 e. The average Bonchev–Trinajstić information content (AvgIpc) is 2.37. The molecule has 100 valence electrons. The van der Waals surface area contributed by atoms with E-state index in [2.05, 4.69) is 5.32 Å². The lowest BCUT2D eigenvalue weighted by Gasteiger charge is -2.15. The van der Waals surface area contributed by atoms with Crippen LogP contribution in [0.25, 0.3) is 0 Å². The highest BCUT2D eigenvalue weighted by atomic mass is 16.5. The molecule has 19 heavy (non-hydrogen) atoms. The molecular weight excluding hydrogens is 244 g/mol. The molecule has 0 aliphatic heterocycles. The summed E-state index contributed by atoms with van der Waals surface area (Å²) >= 11 is 0. The van der Waals surface area contributed by atoms with Gasteiger partial charge < -0.3 is 10.1 Å². The molecule has 1 aromatic carbocycles. The lowest BCUT2D eigenvalue weighted by Crippen LogP contribution is -2.39. The summed E-state index contributed by atoms with van der Waals surface area (Å²) < 4.78 is 5.04. The maximum Gasteiger partial charge on any atom is 0.338 e. The maximum atomic E-state index is 11.8. The number of hydrogen-bond donors (Lipinski definition) is 1. The molecule has 5 nitrogen and oxygen atoms in total. The molecule has 0 bridgehead atoms. The SMILES string of the molecule is CC(C)NC(=O)C(C)OC(=O)c1ccc(C#N)cc1. The normalized spacial score (nSPS) is 11.5. The second-order valence-electron chi connectivity index (χ2n) is 4.40. The topological polar surface area (TPSA) is 79.2 Å². The Morgan fingerprint density at radius 1 is 1.21 bits per heavy atom. The molecule has 0 spiro atoms. The van der Waals surface area contributed by atoms with E-state index in [0.717, 1.165) is 0 Å². The van der Waals surface area contributed by atoms with Gasteiger partial charge in [0.05, 0.1) is 17.2 Å². The van der Waals surface area contributed by atoms with Crippen LogP contribution in [0.1, 0.15) is 36.7 Å². The van der Waals surface area contributed by atoms with Crippen molar-refractivity contribution in [3.63, 3.8) is 0 Å². The van der Waals surface area contributed by atoms with Crippen LogP contribution in [0.3, 0.4) is 0 Å². The van der Waals surface area contributed by atoms with Crippen molar-refractivity contribution in [2.45, 2.75) is 32.9 Å². The third-order valence-corrected chi connectivity index (χ3v) is 2.33. The molecule has 0 aromatic heterocycles. The van der Waals surface area contributed by atoms with Gasteiger partial charge in [0.15, 0.2) is 6.10 Å². The van der Waals surface area contributed by atoms with Crippen LogP contribution in [0.5, 0.6) is 0 Å². The highest BCUT2D eigenvalue weighted by molar-refractivity contribution is 5.92. The number of rotatable bonds is 4. The number of nitrogens with one attached hydrogen (secondary N) is 1. The van der Waals surface area contributed by atoms with E-state index in [9.17, 15) is 9.59 Å². The predicted octanol–water partition coefficient (Wildman–Crippen LogP) is 1.63. The fourth-order valence-corrected chi connectivity index (χ4v) is 1.36. The summed E-state index contributed by atoms with van der Waals surface area (Å²) in [5.74, 6) is -0.923. The van der Waals surface area contributed by atoms with E-state index in [4.69, 9.17) is 10.00 Å². The van der Waals surface area contributed by atoms with Gasteiger partial charge in [-0.15, -0.1) is 0 Å². The molecule has 1 unspecified atom stereocenters. The van der Waals surface area contributed by atoms with Gasteiger partial charge in [0.2, 0.25) is 0 Å². The minimum absolute atomic E-state index is 0.0106. The third kappa shape index (κ3) is 4.43. The molecule has 1 atom stereocenters. The number of esters is 1. The number of carbonyl (C=O) groups excluding carboxylic acids is 2. The first-order valence-corrected chi connectivity index (χ1v) is 5.95. The summed E-state index contributed by atoms with van der Waals surface area (Å²) in [5.41, 5.74) is 0.769. The number of hydrogen-bond acceptors (Lipinski definition) is 4. The molecule has 0 heterocycles. The molecule has 0 aliphatic carbocycles. The van der Waals surface area contributed by atoms with E-state index in [0.29, 0.717) is 11.1 Å². The smallest absolute Gasteiger partial charge is 0.338 e. The average molecular weight is 260 g/mol. The fourth-order valence-electron chi connectivity index (χ4n) is 1.36. The van der Waals surface area contributed by atoms with Crippen molar-refractivity contribution in [1.82, 2.24) is 5.32 Å². The number of nitriles is 1. The maximum absolute atomic E-state index is 11.8. The molecular formula is C14H16N2O3. The standard InChI is InChI=1S/C14H16N2O3/c1-9(2)16-13(17)10(3)19-14(18)12-6-4-11(8-15)5-7-12/h4-7,9-10H,1-3H3,(H,16,17). The lowest BCUT2D eigenvalue weighted by atomic mass is 10.1. The van der Waals surface area contributed by atoms with Crippen LogP contribution in [0, 0.1) is 11.3 Å². The van der Waals surface area contributed by atoms with E-state index in [1.807, 2.05) is 19.9 Å². The van der Waals surface area contributed by atoms with Gasteiger partial charge in [0, 0.05) is 6.04 Å². The molecule has 1 N–H and O–H groups in total. The van der Waals surface area contributed by atoms with Crippen LogP contribution in [-0.4, -0.2) is 24.0 Å². The zero-order valence-electron chi connectivity index (χ0n) is 11.1. The number of nitrogens with zero attached hydrogens (tertiary/aromatic N) is 1. The highest BCUT2D eigenvalue weighted by Gasteiger charge is 2.19. The molecule has 0 aliphatic rings. The Hall–Kier alpha value is -2.35. The van der Waals surface area contributed by atoms with E-state index in [1.54, 1.807) is 0 Å². The highest BCUT2D eigenvalue weighted by Crippen LogP contribution is 2.07. The Balaban J connectivity index is 2.63. The van der Waals surface area contributed by atoms with Crippen LogP contribution >= 0.6 is 0 Å². The van der Waals surface area contributed by atoms with Gasteiger partial charge in [-0.25, -0.2) is 4.79 Å². The van der Waals surface area contributed by atoms with Gasteiger partial charge in [-0.3, -0.25) is 4.79 Å². The van der Waals surface area contributed by atoms with Gasteiger partial charge in [-0.05, 0) is 45.0 Å². The summed E-state index contributed by atoms with van der Waals surface area (Å²) in [6.07, 6.45) is -0.856. The minimum atomic E-state index is -0.856. The minimum Gasteiger partial charge on any atom is -0.449 e. The summed E-state index contributed by atoms with van der Waals surface area (Å²) in [7, 11) is 0. The zero-order valence-corrected chi connectivity index (χ0v) is 11.1. The number of ether oxygens (including phenoxy) is 1. The van der Waals surface area contributed by atoms with Crippen LogP contribution in [0.15, 0.2) is 24.3 Å². The summed E-state index contributed by atoms with van der Waals surface area (Å²) in [6.45, 7) is 5.17. The first-order chi connectivity index (χ1) is 8.93. The van der Waals surface area contributed by atoms with Crippen molar-refractivity contribution in [3.05, 3.63) is 35.4 Å². The fraction of sp³-hybridized carbons (Fsp3) is 0.357. The van der Waals surface area contributed by atoms with E-state index in [1.165, 1.54) is 31.2 Å². The molecule has 1 amide bonds. The van der Waals surface area contributed by atoms with Crippen molar-refractivity contribution in [3.8, 4) is 6.07 Å². The van der Waals surface area contributed by atoms with Crippen molar-refractivity contribution in [1.29, 1.82) is 5.26 Å². The Morgan fingerprint density at radius 2 is 1.79 bits per heavy atom. The molecule has 1 rings (SSSR count). The van der Waals surface area contributed by atoms with Crippen molar-refractivity contribution < 1.29 is 14.3 Å². The van der Waals surface area contributed by atoms with Crippen LogP contribution in [0.2, 0.25) is 0 Å². The monoisotopic (exact) mass is 260 g/mol. The Morgan fingerprint density at radius 3 is 2.26 bits per heavy atom. The second-order valence-corrected chi connectivity index (χ2v) is 4.40.